The topological polar surface area (TPSA) is 66.8 Å². The molecule has 0 atom stereocenters. The van der Waals surface area contributed by atoms with E-state index in [9.17, 15) is 9.59 Å². The van der Waals surface area contributed by atoms with E-state index < -0.39 is 24.2 Å². The van der Waals surface area contributed by atoms with Crippen molar-refractivity contribution in [3.63, 3.8) is 0 Å². The number of hydrogen-bond acceptors (Lipinski definition) is 3. The summed E-state index contributed by atoms with van der Waals surface area (Å²) in [5.41, 5.74) is -0.430. The third kappa shape index (κ3) is 4.90. The number of ether oxygens (including phenoxy) is 1. The summed E-state index contributed by atoms with van der Waals surface area (Å²) in [6.07, 6.45) is -0.765. The van der Waals surface area contributed by atoms with E-state index in [0.29, 0.717) is 10.7 Å². The Kier molecular flexibility index (Phi) is 5.25. The maximum Gasteiger partial charge on any atom is 0.415 e. The van der Waals surface area contributed by atoms with Crippen molar-refractivity contribution >= 4 is 41.0 Å². The molecule has 0 aliphatic rings. The Morgan fingerprint density at radius 1 is 1.25 bits per heavy atom. The fourth-order valence-corrected chi connectivity index (χ4v) is 1.66. The number of amides is 1. The van der Waals surface area contributed by atoms with Gasteiger partial charge in [-0.1, -0.05) is 23.2 Å². The Bertz CT molecular complexity index is 526. The van der Waals surface area contributed by atoms with Crippen LogP contribution in [0.3, 0.4) is 0 Å². The number of hydrogen-bond donors (Lipinski definition) is 1. The predicted molar refractivity (Wildman–Crippen MR) is 77.7 cm³/mol. The van der Waals surface area contributed by atoms with Crippen LogP contribution in [0.4, 0.5) is 10.5 Å². The van der Waals surface area contributed by atoms with E-state index in [0.717, 1.165) is 4.90 Å². The second kappa shape index (κ2) is 6.33. The van der Waals surface area contributed by atoms with Crippen molar-refractivity contribution in [1.29, 1.82) is 0 Å². The van der Waals surface area contributed by atoms with Crippen LogP contribution in [0.15, 0.2) is 18.2 Å². The zero-order valence-electron chi connectivity index (χ0n) is 11.3. The smallest absolute Gasteiger partial charge is 0.415 e. The van der Waals surface area contributed by atoms with E-state index in [1.807, 2.05) is 0 Å². The Morgan fingerprint density at radius 3 is 2.30 bits per heavy atom. The SMILES string of the molecule is CC(C)(C)OC(=O)N(CC(=O)O)c1ccc(Cl)c(Cl)c1. The van der Waals surface area contributed by atoms with Gasteiger partial charge in [-0.05, 0) is 39.0 Å². The van der Waals surface area contributed by atoms with E-state index in [1.165, 1.54) is 18.2 Å². The molecular weight excluding hydrogens is 305 g/mol. The molecule has 1 N–H and O–H groups in total. The van der Waals surface area contributed by atoms with Crippen LogP contribution >= 0.6 is 23.2 Å². The van der Waals surface area contributed by atoms with E-state index >= 15 is 0 Å². The second-order valence-corrected chi connectivity index (χ2v) is 5.87. The Labute approximate surface area is 127 Å². The molecule has 0 aliphatic carbocycles. The average molecular weight is 320 g/mol. The first-order valence-corrected chi connectivity index (χ1v) is 6.53. The number of anilines is 1. The Hall–Kier alpha value is -1.46. The third-order valence-corrected chi connectivity index (χ3v) is 2.86. The highest BCUT2D eigenvalue weighted by atomic mass is 35.5. The lowest BCUT2D eigenvalue weighted by Crippen LogP contribution is -2.40. The quantitative estimate of drug-likeness (QED) is 0.919. The van der Waals surface area contributed by atoms with Gasteiger partial charge < -0.3 is 9.84 Å². The molecule has 1 amide bonds. The Balaban J connectivity index is 3.08. The number of carboxylic acid groups (broad SMARTS) is 1. The highest BCUT2D eigenvalue weighted by molar-refractivity contribution is 6.42. The molecule has 0 spiro atoms. The lowest BCUT2D eigenvalue weighted by atomic mass is 10.2. The Morgan fingerprint density at radius 2 is 1.85 bits per heavy atom. The summed E-state index contributed by atoms with van der Waals surface area (Å²) in [7, 11) is 0. The fourth-order valence-electron chi connectivity index (χ4n) is 1.37. The van der Waals surface area contributed by atoms with Gasteiger partial charge in [0.05, 0.1) is 10.0 Å². The zero-order valence-corrected chi connectivity index (χ0v) is 12.8. The van der Waals surface area contributed by atoms with Crippen molar-refractivity contribution in [2.75, 3.05) is 11.4 Å². The van der Waals surface area contributed by atoms with Crippen LogP contribution in [0.1, 0.15) is 20.8 Å². The van der Waals surface area contributed by atoms with Gasteiger partial charge in [-0.2, -0.15) is 0 Å². The van der Waals surface area contributed by atoms with Crippen LogP contribution in [0.5, 0.6) is 0 Å². The van der Waals surface area contributed by atoms with Crippen molar-refractivity contribution in [3.05, 3.63) is 28.2 Å². The molecule has 110 valence electrons. The van der Waals surface area contributed by atoms with E-state index in [2.05, 4.69) is 0 Å². The molecule has 20 heavy (non-hydrogen) atoms. The fraction of sp³-hybridized carbons (Fsp3) is 0.385. The van der Waals surface area contributed by atoms with Crippen molar-refractivity contribution in [1.82, 2.24) is 0 Å². The molecule has 0 heterocycles. The first kappa shape index (κ1) is 16.6. The van der Waals surface area contributed by atoms with Gasteiger partial charge in [-0.25, -0.2) is 4.79 Å². The summed E-state index contributed by atoms with van der Waals surface area (Å²) in [6, 6.07) is 4.40. The van der Waals surface area contributed by atoms with Crippen molar-refractivity contribution in [2.24, 2.45) is 0 Å². The molecule has 0 radical (unpaired) electrons. The summed E-state index contributed by atoms with van der Waals surface area (Å²) >= 11 is 11.7. The van der Waals surface area contributed by atoms with Crippen molar-refractivity contribution in [3.8, 4) is 0 Å². The molecule has 1 aromatic rings. The molecule has 5 nitrogen and oxygen atoms in total. The first-order chi connectivity index (χ1) is 9.10. The van der Waals surface area contributed by atoms with Crippen LogP contribution in [0.25, 0.3) is 0 Å². The summed E-state index contributed by atoms with van der Waals surface area (Å²) in [5, 5.41) is 9.45. The van der Waals surface area contributed by atoms with Gasteiger partial charge in [0, 0.05) is 5.69 Å². The number of halogens is 2. The van der Waals surface area contributed by atoms with Crippen LogP contribution in [-0.4, -0.2) is 29.3 Å². The predicted octanol–water partition coefficient (Wildman–Crippen LogP) is 3.82. The summed E-state index contributed by atoms with van der Waals surface area (Å²) in [5.74, 6) is -1.16. The van der Waals surface area contributed by atoms with Crippen LogP contribution in [-0.2, 0) is 9.53 Å². The van der Waals surface area contributed by atoms with Gasteiger partial charge in [0.25, 0.3) is 0 Å². The minimum absolute atomic E-state index is 0.225. The average Bonchev–Trinajstić information content (AvgIpc) is 2.27. The van der Waals surface area contributed by atoms with Crippen LogP contribution in [0, 0.1) is 0 Å². The van der Waals surface area contributed by atoms with Gasteiger partial charge in [0.2, 0.25) is 0 Å². The molecule has 0 fully saturated rings. The normalized spacial score (nSPS) is 11.1. The monoisotopic (exact) mass is 319 g/mol. The number of carboxylic acids is 1. The number of carbonyl (C=O) groups is 2. The van der Waals surface area contributed by atoms with E-state index in [-0.39, 0.29) is 5.02 Å². The third-order valence-electron chi connectivity index (χ3n) is 2.12. The first-order valence-electron chi connectivity index (χ1n) is 5.77. The molecule has 0 unspecified atom stereocenters. The van der Waals surface area contributed by atoms with E-state index in [4.69, 9.17) is 33.0 Å². The van der Waals surface area contributed by atoms with E-state index in [1.54, 1.807) is 20.8 Å². The molecule has 0 aromatic heterocycles. The standard InChI is InChI=1S/C13H15Cl2NO4/c1-13(2,3)20-12(19)16(7-11(17)18)8-4-5-9(14)10(15)6-8/h4-6H,7H2,1-3H3,(H,17,18). The number of benzene rings is 1. The van der Waals surface area contributed by atoms with Crippen molar-refractivity contribution in [2.45, 2.75) is 26.4 Å². The molecule has 0 saturated carbocycles. The lowest BCUT2D eigenvalue weighted by Gasteiger charge is -2.26. The molecule has 1 aromatic carbocycles. The second-order valence-electron chi connectivity index (χ2n) is 5.06. The molecular formula is C13H15Cl2NO4. The van der Waals surface area contributed by atoms with Crippen LogP contribution in [0.2, 0.25) is 10.0 Å². The summed E-state index contributed by atoms with van der Waals surface area (Å²) < 4.78 is 5.17. The number of rotatable bonds is 3. The minimum Gasteiger partial charge on any atom is -0.480 e. The van der Waals surface area contributed by atoms with Gasteiger partial charge in [0.1, 0.15) is 12.1 Å². The minimum atomic E-state index is -1.16. The molecule has 0 saturated heterocycles. The van der Waals surface area contributed by atoms with Crippen LogP contribution < -0.4 is 4.90 Å². The number of aliphatic carboxylic acids is 1. The molecule has 7 heteroatoms. The van der Waals surface area contributed by atoms with Gasteiger partial charge in [0.15, 0.2) is 0 Å². The zero-order chi connectivity index (χ0) is 15.5. The summed E-state index contributed by atoms with van der Waals surface area (Å²) in [6.45, 7) is 4.54. The highest BCUT2D eigenvalue weighted by Gasteiger charge is 2.25. The lowest BCUT2D eigenvalue weighted by molar-refractivity contribution is -0.135. The summed E-state index contributed by atoms with van der Waals surface area (Å²) in [4.78, 5) is 23.9. The number of nitrogens with zero attached hydrogens (tertiary/aromatic N) is 1. The maximum atomic E-state index is 12.1. The van der Waals surface area contributed by atoms with Gasteiger partial charge in [-0.15, -0.1) is 0 Å². The largest absolute Gasteiger partial charge is 0.480 e. The van der Waals surface area contributed by atoms with Crippen molar-refractivity contribution < 1.29 is 19.4 Å². The highest BCUT2D eigenvalue weighted by Crippen LogP contribution is 2.28. The molecule has 1 rings (SSSR count). The number of carbonyl (C=O) groups excluding carboxylic acids is 1. The van der Waals surface area contributed by atoms with Gasteiger partial charge >= 0.3 is 12.1 Å². The molecule has 0 aliphatic heterocycles. The molecule has 0 bridgehead atoms. The van der Waals surface area contributed by atoms with Gasteiger partial charge in [-0.3, -0.25) is 9.69 Å². The maximum absolute atomic E-state index is 12.1.